The highest BCUT2D eigenvalue weighted by molar-refractivity contribution is 5.80. The summed E-state index contributed by atoms with van der Waals surface area (Å²) >= 11 is 0. The van der Waals surface area contributed by atoms with E-state index in [9.17, 15) is 0 Å². The molecule has 6 heteroatoms. The van der Waals surface area contributed by atoms with Crippen molar-refractivity contribution in [3.8, 4) is 11.4 Å². The van der Waals surface area contributed by atoms with Gasteiger partial charge in [-0.1, -0.05) is 0 Å². The van der Waals surface area contributed by atoms with Gasteiger partial charge in [0.2, 0.25) is 5.82 Å². The second-order valence-electron chi connectivity index (χ2n) is 3.29. The molecular formula is C9H8N6. The number of hydrogen-bond acceptors (Lipinski definition) is 4. The Labute approximate surface area is 84.9 Å². The second kappa shape index (κ2) is 2.88. The molecule has 0 amide bonds. The van der Waals surface area contributed by atoms with E-state index in [1.807, 2.05) is 29.8 Å². The van der Waals surface area contributed by atoms with Crippen LogP contribution >= 0.6 is 0 Å². The van der Waals surface area contributed by atoms with Crippen molar-refractivity contribution in [2.75, 3.05) is 0 Å². The molecule has 0 aliphatic heterocycles. The lowest BCUT2D eigenvalue weighted by atomic mass is 10.2. The van der Waals surface area contributed by atoms with Crippen molar-refractivity contribution in [3.05, 3.63) is 24.5 Å². The number of hydrogen-bond donors (Lipinski definition) is 1. The molecule has 15 heavy (non-hydrogen) atoms. The quantitative estimate of drug-likeness (QED) is 0.629. The maximum absolute atomic E-state index is 4.24. The van der Waals surface area contributed by atoms with Gasteiger partial charge >= 0.3 is 0 Å². The average molecular weight is 200 g/mol. The summed E-state index contributed by atoms with van der Waals surface area (Å²) in [5, 5.41) is 13.8. The van der Waals surface area contributed by atoms with Crippen molar-refractivity contribution in [2.45, 2.75) is 0 Å². The highest BCUT2D eigenvalue weighted by Gasteiger charge is 2.05. The maximum atomic E-state index is 4.24. The van der Waals surface area contributed by atoms with Crippen LogP contribution in [0, 0.1) is 0 Å². The molecule has 0 spiro atoms. The first-order valence-corrected chi connectivity index (χ1v) is 4.49. The standard InChI is InChI=1S/C9H8N6/c1-15-5-10-7-3-2-6(4-8(7)15)9-11-13-14-12-9/h2-5H,1H3,(H,11,12,13,14). The summed E-state index contributed by atoms with van der Waals surface area (Å²) < 4.78 is 1.96. The van der Waals surface area contributed by atoms with E-state index >= 15 is 0 Å². The molecule has 1 N–H and O–H groups in total. The Balaban J connectivity index is 2.25. The third-order valence-corrected chi connectivity index (χ3v) is 2.33. The third kappa shape index (κ3) is 1.18. The summed E-state index contributed by atoms with van der Waals surface area (Å²) in [6.07, 6.45) is 1.78. The predicted octanol–water partition coefficient (Wildman–Crippen LogP) is 0.753. The zero-order valence-corrected chi connectivity index (χ0v) is 8.05. The zero-order chi connectivity index (χ0) is 10.3. The van der Waals surface area contributed by atoms with Crippen LogP contribution in [0.2, 0.25) is 0 Å². The topological polar surface area (TPSA) is 72.3 Å². The van der Waals surface area contributed by atoms with Crippen LogP contribution in [0.1, 0.15) is 0 Å². The van der Waals surface area contributed by atoms with Gasteiger partial charge in [-0.15, -0.1) is 10.2 Å². The minimum atomic E-state index is 0.595. The number of nitrogens with zero attached hydrogens (tertiary/aromatic N) is 5. The summed E-state index contributed by atoms with van der Waals surface area (Å²) in [7, 11) is 1.95. The predicted molar refractivity (Wildman–Crippen MR) is 53.9 cm³/mol. The average Bonchev–Trinajstić information content (AvgIpc) is 2.88. The molecule has 0 saturated carbocycles. The number of imidazole rings is 1. The fourth-order valence-electron chi connectivity index (χ4n) is 1.55. The smallest absolute Gasteiger partial charge is 0.204 e. The number of fused-ring (bicyclic) bond motifs is 1. The number of aromatic amines is 1. The van der Waals surface area contributed by atoms with Crippen molar-refractivity contribution in [1.82, 2.24) is 30.2 Å². The molecule has 0 aliphatic rings. The largest absolute Gasteiger partial charge is 0.334 e. The molecule has 6 nitrogen and oxygen atoms in total. The van der Waals surface area contributed by atoms with E-state index in [2.05, 4.69) is 25.6 Å². The molecule has 0 aliphatic carbocycles. The Morgan fingerprint density at radius 1 is 1.33 bits per heavy atom. The van der Waals surface area contributed by atoms with E-state index < -0.39 is 0 Å². The van der Waals surface area contributed by atoms with Crippen LogP contribution in [0.4, 0.5) is 0 Å². The Morgan fingerprint density at radius 3 is 3.07 bits per heavy atom. The van der Waals surface area contributed by atoms with Crippen molar-refractivity contribution >= 4 is 11.0 Å². The summed E-state index contributed by atoms with van der Waals surface area (Å²) in [6, 6.07) is 5.87. The number of aryl methyl sites for hydroxylation is 1. The van der Waals surface area contributed by atoms with Crippen LogP contribution in [0.3, 0.4) is 0 Å². The van der Waals surface area contributed by atoms with E-state index in [4.69, 9.17) is 0 Å². The highest BCUT2D eigenvalue weighted by atomic mass is 15.5. The second-order valence-corrected chi connectivity index (χ2v) is 3.29. The van der Waals surface area contributed by atoms with Gasteiger partial charge in [0.15, 0.2) is 0 Å². The van der Waals surface area contributed by atoms with Gasteiger partial charge in [0.25, 0.3) is 0 Å². The van der Waals surface area contributed by atoms with E-state index in [-0.39, 0.29) is 0 Å². The van der Waals surface area contributed by atoms with Gasteiger partial charge in [-0.3, -0.25) is 0 Å². The Bertz CT molecular complexity index is 594. The van der Waals surface area contributed by atoms with Crippen LogP contribution in [0.15, 0.2) is 24.5 Å². The first-order chi connectivity index (χ1) is 7.34. The number of nitrogens with one attached hydrogen (secondary N) is 1. The van der Waals surface area contributed by atoms with Crippen LogP contribution in [0.25, 0.3) is 22.4 Å². The van der Waals surface area contributed by atoms with E-state index in [0.717, 1.165) is 16.6 Å². The molecule has 0 atom stereocenters. The van der Waals surface area contributed by atoms with Crippen molar-refractivity contribution in [1.29, 1.82) is 0 Å². The summed E-state index contributed by atoms with van der Waals surface area (Å²) in [6.45, 7) is 0. The van der Waals surface area contributed by atoms with Crippen molar-refractivity contribution in [3.63, 3.8) is 0 Å². The third-order valence-electron chi connectivity index (χ3n) is 2.33. The Hall–Kier alpha value is -2.24. The van der Waals surface area contributed by atoms with Gasteiger partial charge in [-0.05, 0) is 23.4 Å². The normalized spacial score (nSPS) is 11.0. The number of rotatable bonds is 1. The molecule has 0 bridgehead atoms. The molecular weight excluding hydrogens is 192 g/mol. The highest BCUT2D eigenvalue weighted by Crippen LogP contribution is 2.19. The molecule has 0 radical (unpaired) electrons. The van der Waals surface area contributed by atoms with Crippen molar-refractivity contribution < 1.29 is 0 Å². The van der Waals surface area contributed by atoms with Gasteiger partial charge in [0, 0.05) is 12.6 Å². The lowest BCUT2D eigenvalue weighted by Gasteiger charge is -1.96. The SMILES string of the molecule is Cn1cnc2ccc(-c3nn[nH]n3)cc21. The molecule has 3 rings (SSSR count). The van der Waals surface area contributed by atoms with Crippen LogP contribution < -0.4 is 0 Å². The molecule has 2 aromatic heterocycles. The van der Waals surface area contributed by atoms with Crippen LogP contribution in [-0.2, 0) is 7.05 Å². The Morgan fingerprint density at radius 2 is 2.27 bits per heavy atom. The van der Waals surface area contributed by atoms with Gasteiger partial charge in [-0.2, -0.15) is 5.21 Å². The zero-order valence-electron chi connectivity index (χ0n) is 8.05. The first-order valence-electron chi connectivity index (χ1n) is 4.49. The lowest BCUT2D eigenvalue weighted by Crippen LogP contribution is -1.86. The number of aromatic nitrogens is 6. The van der Waals surface area contributed by atoms with E-state index in [1.165, 1.54) is 0 Å². The summed E-state index contributed by atoms with van der Waals surface area (Å²) in [5.41, 5.74) is 2.95. The van der Waals surface area contributed by atoms with Crippen LogP contribution in [0.5, 0.6) is 0 Å². The minimum absolute atomic E-state index is 0.595. The minimum Gasteiger partial charge on any atom is -0.334 e. The van der Waals surface area contributed by atoms with Gasteiger partial charge in [-0.25, -0.2) is 4.98 Å². The molecule has 0 saturated heterocycles. The lowest BCUT2D eigenvalue weighted by molar-refractivity contribution is 0.881. The van der Waals surface area contributed by atoms with Gasteiger partial charge in [0.1, 0.15) is 0 Å². The fraction of sp³-hybridized carbons (Fsp3) is 0.111. The number of H-pyrrole nitrogens is 1. The van der Waals surface area contributed by atoms with E-state index in [1.54, 1.807) is 6.33 Å². The number of benzene rings is 1. The monoisotopic (exact) mass is 200 g/mol. The molecule has 0 unspecified atom stereocenters. The maximum Gasteiger partial charge on any atom is 0.204 e. The number of tetrazole rings is 1. The van der Waals surface area contributed by atoms with Crippen molar-refractivity contribution in [2.24, 2.45) is 7.05 Å². The van der Waals surface area contributed by atoms with E-state index in [0.29, 0.717) is 5.82 Å². The molecule has 0 fully saturated rings. The molecule has 2 heterocycles. The van der Waals surface area contributed by atoms with Gasteiger partial charge in [0.05, 0.1) is 17.4 Å². The Kier molecular flexibility index (Phi) is 1.55. The first kappa shape index (κ1) is 8.10. The molecule has 1 aromatic carbocycles. The summed E-state index contributed by atoms with van der Waals surface area (Å²) in [5.74, 6) is 0.595. The molecule has 74 valence electrons. The summed E-state index contributed by atoms with van der Waals surface area (Å²) in [4.78, 5) is 4.24. The van der Waals surface area contributed by atoms with Crippen LogP contribution in [-0.4, -0.2) is 30.2 Å². The molecule has 3 aromatic rings. The van der Waals surface area contributed by atoms with Gasteiger partial charge < -0.3 is 4.57 Å². The fourth-order valence-corrected chi connectivity index (χ4v) is 1.55.